The number of hydrogen-bond acceptors (Lipinski definition) is 4. The van der Waals surface area contributed by atoms with Gasteiger partial charge >= 0.3 is 0 Å². The maximum Gasteiger partial charge on any atom is 0.180 e. The lowest BCUT2D eigenvalue weighted by molar-refractivity contribution is 1.09. The van der Waals surface area contributed by atoms with E-state index in [-0.39, 0.29) is 0 Å². The van der Waals surface area contributed by atoms with Gasteiger partial charge in [-0.25, -0.2) is 9.97 Å². The van der Waals surface area contributed by atoms with Crippen LogP contribution >= 0.6 is 11.6 Å². The van der Waals surface area contributed by atoms with Crippen molar-refractivity contribution in [2.24, 2.45) is 0 Å². The first-order valence-electron chi connectivity index (χ1n) is 6.78. The lowest BCUT2D eigenvalue weighted by atomic mass is 10.2. The summed E-state index contributed by atoms with van der Waals surface area (Å²) in [5.41, 5.74) is 2.80. The van der Waals surface area contributed by atoms with E-state index in [0.29, 0.717) is 10.8 Å². The molecule has 2 heterocycles. The summed E-state index contributed by atoms with van der Waals surface area (Å²) in [5, 5.41) is 7.22. The minimum absolute atomic E-state index is 0.685. The summed E-state index contributed by atoms with van der Waals surface area (Å²) < 4.78 is 1.94. The SMILES string of the molecule is CCNc1cn2ccnc2c(Nc2cc(Cl)ccc2C)n1. The molecule has 0 saturated heterocycles. The molecule has 0 aliphatic heterocycles. The minimum Gasteiger partial charge on any atom is -0.369 e. The molecule has 0 saturated carbocycles. The molecule has 0 aliphatic rings. The Balaban J connectivity index is 2.06. The van der Waals surface area contributed by atoms with Gasteiger partial charge in [0.15, 0.2) is 11.5 Å². The van der Waals surface area contributed by atoms with Crippen LogP contribution in [0.1, 0.15) is 12.5 Å². The average Bonchev–Trinajstić information content (AvgIpc) is 2.92. The molecule has 1 aromatic carbocycles. The Bertz CT molecular complexity index is 781. The molecular weight excluding hydrogens is 286 g/mol. The summed E-state index contributed by atoms with van der Waals surface area (Å²) >= 11 is 6.07. The lowest BCUT2D eigenvalue weighted by Crippen LogP contribution is -2.05. The zero-order valence-electron chi connectivity index (χ0n) is 11.9. The van der Waals surface area contributed by atoms with Crippen molar-refractivity contribution in [1.82, 2.24) is 14.4 Å². The van der Waals surface area contributed by atoms with E-state index in [1.54, 1.807) is 6.20 Å². The van der Waals surface area contributed by atoms with Crippen molar-refractivity contribution in [2.75, 3.05) is 17.2 Å². The van der Waals surface area contributed by atoms with Crippen molar-refractivity contribution in [3.63, 3.8) is 0 Å². The van der Waals surface area contributed by atoms with Crippen LogP contribution in [0, 0.1) is 6.92 Å². The van der Waals surface area contributed by atoms with Crippen molar-refractivity contribution < 1.29 is 0 Å². The molecule has 21 heavy (non-hydrogen) atoms. The Labute approximate surface area is 128 Å². The van der Waals surface area contributed by atoms with E-state index >= 15 is 0 Å². The van der Waals surface area contributed by atoms with Gasteiger partial charge in [-0.05, 0) is 31.5 Å². The number of anilines is 3. The van der Waals surface area contributed by atoms with Gasteiger partial charge in [-0.1, -0.05) is 17.7 Å². The van der Waals surface area contributed by atoms with Gasteiger partial charge in [0, 0.05) is 29.6 Å². The number of fused-ring (bicyclic) bond motifs is 1. The van der Waals surface area contributed by atoms with Crippen molar-refractivity contribution in [3.8, 4) is 0 Å². The lowest BCUT2D eigenvalue weighted by Gasteiger charge is -2.12. The Hall–Kier alpha value is -2.27. The summed E-state index contributed by atoms with van der Waals surface area (Å²) in [6, 6.07) is 5.73. The first-order valence-corrected chi connectivity index (χ1v) is 7.16. The highest BCUT2D eigenvalue weighted by Gasteiger charge is 2.09. The molecular formula is C15H16ClN5. The third kappa shape index (κ3) is 2.78. The fraction of sp³-hybridized carbons (Fsp3) is 0.200. The number of halogens is 1. The van der Waals surface area contributed by atoms with Gasteiger partial charge in [0.25, 0.3) is 0 Å². The van der Waals surface area contributed by atoms with E-state index < -0.39 is 0 Å². The van der Waals surface area contributed by atoms with E-state index in [0.717, 1.165) is 29.3 Å². The number of imidazole rings is 1. The third-order valence-corrected chi connectivity index (χ3v) is 3.42. The number of benzene rings is 1. The van der Waals surface area contributed by atoms with Crippen molar-refractivity contribution in [2.45, 2.75) is 13.8 Å². The van der Waals surface area contributed by atoms with Gasteiger partial charge < -0.3 is 15.0 Å². The average molecular weight is 302 g/mol. The second-order valence-corrected chi connectivity index (χ2v) is 5.18. The van der Waals surface area contributed by atoms with Crippen LogP contribution in [-0.2, 0) is 0 Å². The van der Waals surface area contributed by atoms with Crippen LogP contribution in [0.15, 0.2) is 36.8 Å². The van der Waals surface area contributed by atoms with E-state index in [2.05, 4.69) is 20.6 Å². The van der Waals surface area contributed by atoms with Crippen molar-refractivity contribution in [3.05, 3.63) is 47.4 Å². The molecule has 6 heteroatoms. The Kier molecular flexibility index (Phi) is 3.66. The highest BCUT2D eigenvalue weighted by molar-refractivity contribution is 6.30. The number of hydrogen-bond donors (Lipinski definition) is 2. The summed E-state index contributed by atoms with van der Waals surface area (Å²) in [6.45, 7) is 4.87. The zero-order valence-corrected chi connectivity index (χ0v) is 12.6. The molecule has 0 bridgehead atoms. The number of aryl methyl sites for hydroxylation is 1. The second kappa shape index (κ2) is 5.61. The Morgan fingerprint density at radius 1 is 1.33 bits per heavy atom. The van der Waals surface area contributed by atoms with Gasteiger partial charge in [0.1, 0.15) is 5.82 Å². The molecule has 0 radical (unpaired) electrons. The molecule has 0 aliphatic carbocycles. The molecule has 0 unspecified atom stereocenters. The largest absolute Gasteiger partial charge is 0.369 e. The molecule has 0 atom stereocenters. The summed E-state index contributed by atoms with van der Waals surface area (Å²) in [4.78, 5) is 8.93. The van der Waals surface area contributed by atoms with E-state index in [9.17, 15) is 0 Å². The maximum atomic E-state index is 6.07. The quantitative estimate of drug-likeness (QED) is 0.768. The molecule has 5 nitrogen and oxygen atoms in total. The fourth-order valence-electron chi connectivity index (χ4n) is 2.14. The predicted molar refractivity (Wildman–Crippen MR) is 86.6 cm³/mol. The first kappa shape index (κ1) is 13.7. The molecule has 3 aromatic rings. The van der Waals surface area contributed by atoms with Crippen molar-refractivity contribution >= 4 is 34.6 Å². The molecule has 0 spiro atoms. The highest BCUT2D eigenvalue weighted by Crippen LogP contribution is 2.26. The predicted octanol–water partition coefficient (Wildman–Crippen LogP) is 3.87. The molecule has 3 rings (SSSR count). The summed E-state index contributed by atoms with van der Waals surface area (Å²) in [6.07, 6.45) is 5.57. The van der Waals surface area contributed by atoms with Crippen LogP contribution in [0.2, 0.25) is 5.02 Å². The smallest absolute Gasteiger partial charge is 0.180 e. The molecule has 0 amide bonds. The maximum absolute atomic E-state index is 6.07. The summed E-state index contributed by atoms with van der Waals surface area (Å²) in [5.74, 6) is 1.49. The van der Waals surface area contributed by atoms with E-state index in [4.69, 9.17) is 11.6 Å². The monoisotopic (exact) mass is 301 g/mol. The molecule has 0 fully saturated rings. The van der Waals surface area contributed by atoms with Gasteiger partial charge in [-0.2, -0.15) is 0 Å². The number of rotatable bonds is 4. The van der Waals surface area contributed by atoms with Gasteiger partial charge in [-0.15, -0.1) is 0 Å². The van der Waals surface area contributed by atoms with E-state index in [1.165, 1.54) is 0 Å². The number of nitrogens with one attached hydrogen (secondary N) is 2. The number of nitrogens with zero attached hydrogens (tertiary/aromatic N) is 3. The zero-order chi connectivity index (χ0) is 14.8. The highest BCUT2D eigenvalue weighted by atomic mass is 35.5. The molecule has 2 aromatic heterocycles. The van der Waals surface area contributed by atoms with Crippen molar-refractivity contribution in [1.29, 1.82) is 0 Å². The minimum atomic E-state index is 0.685. The van der Waals surface area contributed by atoms with Crippen LogP contribution in [0.3, 0.4) is 0 Å². The Morgan fingerprint density at radius 2 is 2.19 bits per heavy atom. The van der Waals surface area contributed by atoms with Crippen LogP contribution in [-0.4, -0.2) is 20.9 Å². The normalized spacial score (nSPS) is 10.8. The van der Waals surface area contributed by atoms with Gasteiger partial charge in [0.05, 0.1) is 6.20 Å². The topological polar surface area (TPSA) is 54.2 Å². The second-order valence-electron chi connectivity index (χ2n) is 4.75. The summed E-state index contributed by atoms with van der Waals surface area (Å²) in [7, 11) is 0. The number of aromatic nitrogens is 3. The van der Waals surface area contributed by atoms with Crippen LogP contribution in [0.5, 0.6) is 0 Å². The molecule has 108 valence electrons. The standard InChI is InChI=1S/C15H16ClN5/c1-3-17-13-9-21-7-6-18-15(21)14(20-13)19-12-8-11(16)5-4-10(12)2/h4-9,17H,3H2,1-2H3,(H,19,20). The Morgan fingerprint density at radius 3 is 3.00 bits per heavy atom. The van der Waals surface area contributed by atoms with Crippen LogP contribution in [0.25, 0.3) is 5.65 Å². The van der Waals surface area contributed by atoms with Crippen LogP contribution in [0.4, 0.5) is 17.3 Å². The third-order valence-electron chi connectivity index (χ3n) is 3.18. The van der Waals surface area contributed by atoms with E-state index in [1.807, 2.05) is 48.8 Å². The van der Waals surface area contributed by atoms with Crippen LogP contribution < -0.4 is 10.6 Å². The van der Waals surface area contributed by atoms with Gasteiger partial charge in [0.2, 0.25) is 0 Å². The first-order chi connectivity index (χ1) is 10.2. The van der Waals surface area contributed by atoms with Gasteiger partial charge in [-0.3, -0.25) is 0 Å². The molecule has 2 N–H and O–H groups in total. The fourth-order valence-corrected chi connectivity index (χ4v) is 2.31.